The van der Waals surface area contributed by atoms with Crippen LogP contribution in [-0.4, -0.2) is 30.4 Å². The van der Waals surface area contributed by atoms with Crippen molar-refractivity contribution in [2.75, 3.05) is 21.7 Å². The van der Waals surface area contributed by atoms with E-state index in [2.05, 4.69) is 5.32 Å². The lowest BCUT2D eigenvalue weighted by Gasteiger charge is -2.34. The quantitative estimate of drug-likeness (QED) is 0.198. The summed E-state index contributed by atoms with van der Waals surface area (Å²) in [6.45, 7) is 3.48. The Kier molecular flexibility index (Phi) is 8.17. The number of barbiturate groups is 1. The first-order valence-electron chi connectivity index (χ1n) is 13.1. The van der Waals surface area contributed by atoms with Gasteiger partial charge in [0.2, 0.25) is 0 Å². The molecule has 0 spiro atoms. The van der Waals surface area contributed by atoms with Crippen molar-refractivity contribution in [2.24, 2.45) is 0 Å². The Bertz CT molecular complexity index is 1660. The summed E-state index contributed by atoms with van der Waals surface area (Å²) in [7, 11) is 0. The molecule has 1 heterocycles. The fourth-order valence-electron chi connectivity index (χ4n) is 4.46. The number of imide groups is 2. The summed E-state index contributed by atoms with van der Waals surface area (Å²) in [5, 5.41) is 3.16. The average Bonchev–Trinajstić information content (AvgIpc) is 2.98. The standard InChI is InChI=1S/C33H26ClN3O5/c1-21-13-14-22(2)28(17-21)35-30(38)20-42-29-16-15-24(34)18-23(29)19-27-31(39)36(25-9-5-3-6-10-25)33(41)37(32(27)40)26-11-7-4-8-12-26/h3-19H,20H2,1-2H3,(H,35,38). The van der Waals surface area contributed by atoms with Crippen molar-refractivity contribution < 1.29 is 23.9 Å². The van der Waals surface area contributed by atoms with E-state index < -0.39 is 23.8 Å². The third kappa shape index (κ3) is 5.94. The number of hydrogen-bond acceptors (Lipinski definition) is 5. The first kappa shape index (κ1) is 28.3. The molecule has 1 N–H and O–H groups in total. The van der Waals surface area contributed by atoms with Gasteiger partial charge in [0.1, 0.15) is 11.3 Å². The average molecular weight is 580 g/mol. The Balaban J connectivity index is 1.49. The maximum absolute atomic E-state index is 13.7. The lowest BCUT2D eigenvalue weighted by molar-refractivity contribution is -0.121. The summed E-state index contributed by atoms with van der Waals surface area (Å²) in [5.74, 6) is -1.78. The first-order valence-corrected chi connectivity index (χ1v) is 13.4. The van der Waals surface area contributed by atoms with Crippen LogP contribution in [0.15, 0.2) is 103 Å². The number of urea groups is 1. The minimum atomic E-state index is -0.804. The maximum atomic E-state index is 13.7. The number of aryl methyl sites for hydroxylation is 2. The van der Waals surface area contributed by atoms with E-state index in [0.717, 1.165) is 20.9 Å². The van der Waals surface area contributed by atoms with Crippen LogP contribution in [-0.2, 0) is 14.4 Å². The molecule has 0 aliphatic carbocycles. The largest absolute Gasteiger partial charge is 0.483 e. The fourth-order valence-corrected chi connectivity index (χ4v) is 4.64. The molecule has 4 aromatic rings. The second-order valence-electron chi connectivity index (χ2n) is 9.63. The van der Waals surface area contributed by atoms with Gasteiger partial charge in [0.05, 0.1) is 11.4 Å². The van der Waals surface area contributed by atoms with Crippen LogP contribution in [0.3, 0.4) is 0 Å². The molecule has 0 aromatic heterocycles. The molecule has 0 radical (unpaired) electrons. The first-order chi connectivity index (χ1) is 20.2. The molecule has 42 heavy (non-hydrogen) atoms. The molecule has 1 aliphatic heterocycles. The van der Waals surface area contributed by atoms with E-state index in [1.807, 2.05) is 32.0 Å². The van der Waals surface area contributed by atoms with E-state index in [1.165, 1.54) is 12.1 Å². The Morgan fingerprint density at radius 1 is 0.810 bits per heavy atom. The van der Waals surface area contributed by atoms with Gasteiger partial charge in [0, 0.05) is 16.3 Å². The number of nitrogens with zero attached hydrogens (tertiary/aromatic N) is 2. The van der Waals surface area contributed by atoms with Crippen LogP contribution in [0.25, 0.3) is 6.08 Å². The van der Waals surface area contributed by atoms with Gasteiger partial charge in [0.15, 0.2) is 6.61 Å². The zero-order valence-electron chi connectivity index (χ0n) is 22.8. The number of anilines is 3. The molecular weight excluding hydrogens is 554 g/mol. The summed E-state index contributed by atoms with van der Waals surface area (Å²) in [4.78, 5) is 55.6. The number of nitrogens with one attached hydrogen (secondary N) is 1. The maximum Gasteiger partial charge on any atom is 0.343 e. The van der Waals surface area contributed by atoms with Crippen molar-refractivity contribution in [3.8, 4) is 5.75 Å². The molecule has 5 amide bonds. The number of hydrogen-bond donors (Lipinski definition) is 1. The van der Waals surface area contributed by atoms with Gasteiger partial charge < -0.3 is 10.1 Å². The number of rotatable bonds is 7. The molecule has 0 saturated carbocycles. The van der Waals surface area contributed by atoms with Gasteiger partial charge in [-0.1, -0.05) is 60.1 Å². The van der Waals surface area contributed by atoms with Crippen molar-refractivity contribution in [1.82, 2.24) is 0 Å². The zero-order valence-corrected chi connectivity index (χ0v) is 23.6. The molecule has 0 unspecified atom stereocenters. The van der Waals surface area contributed by atoms with E-state index >= 15 is 0 Å². The molecule has 0 atom stereocenters. The predicted molar refractivity (Wildman–Crippen MR) is 163 cm³/mol. The van der Waals surface area contributed by atoms with E-state index in [9.17, 15) is 19.2 Å². The van der Waals surface area contributed by atoms with Crippen molar-refractivity contribution in [3.63, 3.8) is 0 Å². The minimum absolute atomic E-state index is 0.220. The van der Waals surface area contributed by atoms with Crippen LogP contribution in [0.4, 0.5) is 21.9 Å². The minimum Gasteiger partial charge on any atom is -0.483 e. The van der Waals surface area contributed by atoms with E-state index in [-0.39, 0.29) is 23.5 Å². The number of carbonyl (C=O) groups excluding carboxylic acids is 4. The number of ether oxygens (including phenoxy) is 1. The number of amides is 5. The van der Waals surface area contributed by atoms with Crippen molar-refractivity contribution in [1.29, 1.82) is 0 Å². The Hall–Kier alpha value is -5.21. The molecule has 1 saturated heterocycles. The second-order valence-corrected chi connectivity index (χ2v) is 10.1. The number of carbonyl (C=O) groups is 4. The summed E-state index contributed by atoms with van der Waals surface area (Å²) >= 11 is 6.27. The molecule has 1 fully saturated rings. The zero-order chi connectivity index (χ0) is 29.8. The summed E-state index contributed by atoms with van der Waals surface area (Å²) in [6.07, 6.45) is 1.33. The highest BCUT2D eigenvalue weighted by Crippen LogP contribution is 2.32. The van der Waals surface area contributed by atoms with Crippen LogP contribution in [0, 0.1) is 13.8 Å². The lowest BCUT2D eigenvalue weighted by atomic mass is 10.0. The number of para-hydroxylation sites is 2. The van der Waals surface area contributed by atoms with Crippen LogP contribution in [0.5, 0.6) is 5.75 Å². The van der Waals surface area contributed by atoms with E-state index in [4.69, 9.17) is 16.3 Å². The number of benzene rings is 4. The second kappa shape index (κ2) is 12.1. The molecule has 1 aliphatic rings. The SMILES string of the molecule is Cc1ccc(C)c(NC(=O)COc2ccc(Cl)cc2C=C2C(=O)N(c3ccccc3)C(=O)N(c3ccccc3)C2=O)c1. The van der Waals surface area contributed by atoms with Gasteiger partial charge in [-0.05, 0) is 79.6 Å². The highest BCUT2D eigenvalue weighted by molar-refractivity contribution is 6.46. The van der Waals surface area contributed by atoms with Crippen molar-refractivity contribution in [3.05, 3.63) is 124 Å². The number of halogens is 1. The highest BCUT2D eigenvalue weighted by Gasteiger charge is 2.43. The molecule has 210 valence electrons. The van der Waals surface area contributed by atoms with Crippen molar-refractivity contribution in [2.45, 2.75) is 13.8 Å². The van der Waals surface area contributed by atoms with Gasteiger partial charge >= 0.3 is 6.03 Å². The predicted octanol–water partition coefficient (Wildman–Crippen LogP) is 6.56. The monoisotopic (exact) mass is 579 g/mol. The third-order valence-electron chi connectivity index (χ3n) is 6.58. The van der Waals surface area contributed by atoms with Gasteiger partial charge in [-0.25, -0.2) is 14.6 Å². The molecule has 8 nitrogen and oxygen atoms in total. The summed E-state index contributed by atoms with van der Waals surface area (Å²) in [6, 6.07) is 26.3. The Labute approximate surface area is 247 Å². The Morgan fingerprint density at radius 3 is 2.00 bits per heavy atom. The fraction of sp³-hybridized carbons (Fsp3) is 0.0909. The smallest absolute Gasteiger partial charge is 0.343 e. The molecular formula is C33H26ClN3O5. The molecule has 5 rings (SSSR count). The van der Waals surface area contributed by atoms with Crippen LogP contribution in [0.2, 0.25) is 5.02 Å². The molecule has 9 heteroatoms. The van der Waals surface area contributed by atoms with Crippen molar-refractivity contribution >= 4 is 58.5 Å². The van der Waals surface area contributed by atoms with Gasteiger partial charge in [-0.15, -0.1) is 0 Å². The third-order valence-corrected chi connectivity index (χ3v) is 6.81. The Morgan fingerprint density at radius 2 is 1.40 bits per heavy atom. The van der Waals surface area contributed by atoms with E-state index in [1.54, 1.807) is 72.8 Å². The van der Waals surface area contributed by atoms with Crippen LogP contribution in [0.1, 0.15) is 16.7 Å². The normalized spacial score (nSPS) is 13.3. The van der Waals surface area contributed by atoms with E-state index in [0.29, 0.717) is 22.1 Å². The highest BCUT2D eigenvalue weighted by atomic mass is 35.5. The van der Waals surface area contributed by atoms with Crippen LogP contribution < -0.4 is 19.9 Å². The van der Waals surface area contributed by atoms with Gasteiger partial charge in [-0.3, -0.25) is 14.4 Å². The molecule has 4 aromatic carbocycles. The van der Waals surface area contributed by atoms with Gasteiger partial charge in [0.25, 0.3) is 17.7 Å². The molecule has 0 bridgehead atoms. The summed E-state index contributed by atoms with van der Waals surface area (Å²) < 4.78 is 5.82. The topological polar surface area (TPSA) is 96.0 Å². The van der Waals surface area contributed by atoms with Gasteiger partial charge in [-0.2, -0.15) is 0 Å². The van der Waals surface area contributed by atoms with Crippen LogP contribution >= 0.6 is 11.6 Å². The summed E-state index contributed by atoms with van der Waals surface area (Å²) in [5.41, 5.74) is 3.18. The lowest BCUT2D eigenvalue weighted by Crippen LogP contribution is -2.57.